The largest absolute Gasteiger partial charge is 0.573 e. The van der Waals surface area contributed by atoms with Crippen LogP contribution in [0.5, 0.6) is 5.75 Å². The van der Waals surface area contributed by atoms with Gasteiger partial charge in [-0.1, -0.05) is 13.0 Å². The van der Waals surface area contributed by atoms with Crippen molar-refractivity contribution in [3.05, 3.63) is 69.9 Å². The van der Waals surface area contributed by atoms with Crippen LogP contribution in [0.4, 0.5) is 24.5 Å². The molecule has 0 saturated carbocycles. The number of rotatable bonds is 7. The zero-order valence-corrected chi connectivity index (χ0v) is 16.1. The summed E-state index contributed by atoms with van der Waals surface area (Å²) in [7, 11) is 0. The summed E-state index contributed by atoms with van der Waals surface area (Å²) in [5, 5.41) is 13.6. The quantitative estimate of drug-likeness (QED) is 0.399. The maximum absolute atomic E-state index is 12.9. The summed E-state index contributed by atoms with van der Waals surface area (Å²) in [5.74, 6) is -1.76. The lowest BCUT2D eigenvalue weighted by molar-refractivity contribution is -0.384. The molecule has 2 aromatic rings. The van der Waals surface area contributed by atoms with E-state index in [1.807, 2.05) is 0 Å². The van der Waals surface area contributed by atoms with Gasteiger partial charge in [-0.2, -0.15) is 0 Å². The molecule has 2 amide bonds. The van der Waals surface area contributed by atoms with Gasteiger partial charge in [-0.25, -0.2) is 0 Å². The van der Waals surface area contributed by atoms with Gasteiger partial charge in [-0.05, 0) is 36.2 Å². The van der Waals surface area contributed by atoms with Crippen molar-refractivity contribution in [3.8, 4) is 5.75 Å². The van der Waals surface area contributed by atoms with Crippen LogP contribution in [-0.4, -0.2) is 34.5 Å². The fourth-order valence-corrected chi connectivity index (χ4v) is 3.05. The highest BCUT2D eigenvalue weighted by atomic mass is 19.4. The third kappa shape index (κ3) is 4.82. The van der Waals surface area contributed by atoms with Crippen LogP contribution in [0, 0.1) is 10.1 Å². The van der Waals surface area contributed by atoms with Crippen LogP contribution in [0.3, 0.4) is 0 Å². The van der Waals surface area contributed by atoms with Crippen LogP contribution >= 0.6 is 0 Å². The minimum absolute atomic E-state index is 0.0320. The fraction of sp³-hybridized carbons (Fsp3) is 0.200. The summed E-state index contributed by atoms with van der Waals surface area (Å²) in [4.78, 5) is 37.0. The van der Waals surface area contributed by atoms with Crippen molar-refractivity contribution in [3.63, 3.8) is 0 Å². The zero-order valence-electron chi connectivity index (χ0n) is 16.1. The Bertz CT molecular complexity index is 1060. The third-order valence-electron chi connectivity index (χ3n) is 4.32. The maximum atomic E-state index is 12.9. The van der Waals surface area contributed by atoms with E-state index in [0.29, 0.717) is 6.42 Å². The molecule has 0 saturated heterocycles. The summed E-state index contributed by atoms with van der Waals surface area (Å²) in [6.45, 7) is 1.91. The molecular weight excluding hydrogens is 419 g/mol. The van der Waals surface area contributed by atoms with E-state index in [0.717, 1.165) is 17.0 Å². The smallest absolute Gasteiger partial charge is 0.406 e. The molecule has 3 rings (SSSR count). The van der Waals surface area contributed by atoms with E-state index in [1.54, 1.807) is 6.92 Å². The molecule has 1 N–H and O–H groups in total. The van der Waals surface area contributed by atoms with Crippen molar-refractivity contribution in [1.29, 1.82) is 0 Å². The number of benzene rings is 2. The zero-order chi connectivity index (χ0) is 22.8. The topological polar surface area (TPSA) is 102 Å². The molecule has 0 spiro atoms. The Balaban J connectivity index is 2.02. The fourth-order valence-electron chi connectivity index (χ4n) is 3.05. The molecule has 2 aromatic carbocycles. The molecule has 0 aromatic heterocycles. The molecule has 8 nitrogen and oxygen atoms in total. The predicted octanol–water partition coefficient (Wildman–Crippen LogP) is 4.10. The van der Waals surface area contributed by atoms with Gasteiger partial charge in [0.15, 0.2) is 0 Å². The van der Waals surface area contributed by atoms with Gasteiger partial charge in [0.1, 0.15) is 11.4 Å². The number of non-ortho nitro benzene ring substituents is 1. The monoisotopic (exact) mass is 435 g/mol. The minimum Gasteiger partial charge on any atom is -0.406 e. The number of anilines is 1. The van der Waals surface area contributed by atoms with Crippen LogP contribution in [0.15, 0.2) is 54.2 Å². The van der Waals surface area contributed by atoms with Crippen molar-refractivity contribution >= 4 is 28.8 Å². The van der Waals surface area contributed by atoms with Crippen molar-refractivity contribution in [2.24, 2.45) is 0 Å². The highest BCUT2D eigenvalue weighted by Gasteiger charge is 2.39. The van der Waals surface area contributed by atoms with Crippen LogP contribution in [0.25, 0.3) is 5.57 Å². The maximum Gasteiger partial charge on any atom is 0.573 e. The highest BCUT2D eigenvalue weighted by Crippen LogP contribution is 2.32. The first-order chi connectivity index (χ1) is 14.6. The highest BCUT2D eigenvalue weighted by molar-refractivity contribution is 6.36. The number of nitro benzene ring substituents is 1. The number of nitrogens with one attached hydrogen (secondary N) is 1. The van der Waals surface area contributed by atoms with E-state index >= 15 is 0 Å². The van der Waals surface area contributed by atoms with Crippen molar-refractivity contribution in [1.82, 2.24) is 4.90 Å². The Labute approximate surface area is 174 Å². The summed E-state index contributed by atoms with van der Waals surface area (Å²) in [6, 6.07) is 9.88. The number of carbonyl (C=O) groups is 2. The van der Waals surface area contributed by atoms with Gasteiger partial charge in [0.05, 0.1) is 10.5 Å². The van der Waals surface area contributed by atoms with Gasteiger partial charge in [0, 0.05) is 30.4 Å². The molecule has 1 aliphatic heterocycles. The average molecular weight is 435 g/mol. The summed E-state index contributed by atoms with van der Waals surface area (Å²) in [6.07, 6.45) is -4.40. The van der Waals surface area contributed by atoms with E-state index in [4.69, 9.17) is 0 Å². The molecule has 0 aliphatic carbocycles. The van der Waals surface area contributed by atoms with E-state index < -0.39 is 28.8 Å². The van der Waals surface area contributed by atoms with E-state index in [9.17, 15) is 32.9 Å². The van der Waals surface area contributed by atoms with Crippen LogP contribution in [0.2, 0.25) is 0 Å². The molecule has 11 heteroatoms. The first kappa shape index (κ1) is 21.8. The lowest BCUT2D eigenvalue weighted by Crippen LogP contribution is -2.33. The molecule has 0 fully saturated rings. The van der Waals surface area contributed by atoms with Crippen LogP contribution in [0.1, 0.15) is 18.9 Å². The first-order valence-corrected chi connectivity index (χ1v) is 9.09. The van der Waals surface area contributed by atoms with Crippen molar-refractivity contribution < 1.29 is 32.4 Å². The number of imide groups is 1. The number of ether oxygens (including phenoxy) is 1. The summed E-state index contributed by atoms with van der Waals surface area (Å²) >= 11 is 0. The number of alkyl halides is 3. The molecule has 162 valence electrons. The second-order valence-corrected chi connectivity index (χ2v) is 6.52. The van der Waals surface area contributed by atoms with Gasteiger partial charge in [0.25, 0.3) is 17.5 Å². The lowest BCUT2D eigenvalue weighted by Gasteiger charge is -2.14. The number of carbonyl (C=O) groups excluding carboxylic acids is 2. The molecule has 0 radical (unpaired) electrons. The first-order valence-electron chi connectivity index (χ1n) is 9.09. The molecule has 0 atom stereocenters. The molecule has 0 bridgehead atoms. The summed E-state index contributed by atoms with van der Waals surface area (Å²) in [5.41, 5.74) is -0.0200. The van der Waals surface area contributed by atoms with E-state index in [-0.39, 0.29) is 34.8 Å². The Kier molecular flexibility index (Phi) is 5.95. The van der Waals surface area contributed by atoms with Gasteiger partial charge < -0.3 is 10.1 Å². The Morgan fingerprint density at radius 1 is 1.10 bits per heavy atom. The van der Waals surface area contributed by atoms with E-state index in [2.05, 4.69) is 10.1 Å². The van der Waals surface area contributed by atoms with Crippen molar-refractivity contribution in [2.45, 2.75) is 19.7 Å². The molecular formula is C20H16F3N3O5. The Morgan fingerprint density at radius 3 is 2.35 bits per heavy atom. The minimum atomic E-state index is -4.89. The summed E-state index contributed by atoms with van der Waals surface area (Å²) < 4.78 is 41.4. The lowest BCUT2D eigenvalue weighted by atomic mass is 10.0. The standard InChI is InChI=1S/C20H16F3N3O5/c1-2-10-25-18(27)16(12-6-8-14(9-7-12)26(29)30)17(19(25)28)24-13-4-3-5-15(11-13)31-20(21,22)23/h3-9,11,24H,2,10H2,1H3. The van der Waals surface area contributed by atoms with Gasteiger partial charge >= 0.3 is 6.36 Å². The second kappa shape index (κ2) is 8.46. The van der Waals surface area contributed by atoms with Crippen LogP contribution in [-0.2, 0) is 9.59 Å². The third-order valence-corrected chi connectivity index (χ3v) is 4.32. The molecule has 1 aliphatic rings. The van der Waals surface area contributed by atoms with E-state index in [1.165, 1.54) is 36.4 Å². The number of amides is 2. The average Bonchev–Trinajstić information content (AvgIpc) is 2.92. The molecule has 31 heavy (non-hydrogen) atoms. The molecule has 1 heterocycles. The molecule has 0 unspecified atom stereocenters. The van der Waals surface area contributed by atoms with Gasteiger partial charge in [-0.3, -0.25) is 24.6 Å². The van der Waals surface area contributed by atoms with Gasteiger partial charge in [-0.15, -0.1) is 13.2 Å². The predicted molar refractivity (Wildman–Crippen MR) is 104 cm³/mol. The normalized spacial score (nSPS) is 14.3. The van der Waals surface area contributed by atoms with Crippen molar-refractivity contribution in [2.75, 3.05) is 11.9 Å². The Hall–Kier alpha value is -3.89. The number of hydrogen-bond donors (Lipinski definition) is 1. The number of halogens is 3. The number of nitrogens with zero attached hydrogens (tertiary/aromatic N) is 2. The van der Waals surface area contributed by atoms with Gasteiger partial charge in [0.2, 0.25) is 0 Å². The SMILES string of the molecule is CCCN1C(=O)C(Nc2cccc(OC(F)(F)F)c2)=C(c2ccc([N+](=O)[O-])cc2)C1=O. The number of hydrogen-bond acceptors (Lipinski definition) is 6. The van der Waals surface area contributed by atoms with Crippen LogP contribution < -0.4 is 10.1 Å². The Morgan fingerprint density at radius 2 is 1.77 bits per heavy atom. The number of nitro groups is 1. The second-order valence-electron chi connectivity index (χ2n) is 6.52.